The molecule has 210 valence electrons. The molecule has 0 aliphatic carbocycles. The molecule has 39 heavy (non-hydrogen) atoms. The first-order valence-electron chi connectivity index (χ1n) is 13.8. The molecule has 0 unspecified atom stereocenters. The number of fused-ring (bicyclic) bond motifs is 1. The SMILES string of the molecule is CCCCN(CCCC)CCCOc1ccc(S(=O)(=O)c2c(-c3ccccc3)cn3ccccc23)cc1C.Cl. The summed E-state index contributed by atoms with van der Waals surface area (Å²) in [6.45, 7) is 10.3. The molecule has 5 nitrogen and oxygen atoms in total. The molecule has 0 spiro atoms. The second kappa shape index (κ2) is 14.5. The molecule has 2 aromatic heterocycles. The highest BCUT2D eigenvalue weighted by atomic mass is 35.5. The van der Waals surface area contributed by atoms with Crippen LogP contribution < -0.4 is 4.74 Å². The van der Waals surface area contributed by atoms with Gasteiger partial charge in [0.2, 0.25) is 9.84 Å². The number of pyridine rings is 1. The summed E-state index contributed by atoms with van der Waals surface area (Å²) in [6, 6.07) is 20.5. The van der Waals surface area contributed by atoms with Crippen molar-refractivity contribution in [3.63, 3.8) is 0 Å². The fourth-order valence-electron chi connectivity index (χ4n) is 4.84. The van der Waals surface area contributed by atoms with E-state index in [0.29, 0.717) is 22.6 Å². The number of sulfone groups is 1. The average molecular weight is 569 g/mol. The minimum Gasteiger partial charge on any atom is -0.493 e. The number of halogens is 1. The molecular weight excluding hydrogens is 528 g/mol. The first kappa shape index (κ1) is 30.7. The Labute approximate surface area is 240 Å². The lowest BCUT2D eigenvalue weighted by Gasteiger charge is -2.22. The molecular formula is C32H41ClN2O3S. The van der Waals surface area contributed by atoms with Gasteiger partial charge in [-0.2, -0.15) is 0 Å². The van der Waals surface area contributed by atoms with Crippen LogP contribution in [0.3, 0.4) is 0 Å². The Hall–Kier alpha value is -2.80. The van der Waals surface area contributed by atoms with Gasteiger partial charge in [-0.25, -0.2) is 8.42 Å². The second-order valence-corrected chi connectivity index (χ2v) is 11.8. The normalized spacial score (nSPS) is 11.6. The lowest BCUT2D eigenvalue weighted by atomic mass is 10.1. The molecule has 0 aliphatic heterocycles. The van der Waals surface area contributed by atoms with Gasteiger partial charge in [-0.05, 0) is 80.7 Å². The predicted octanol–water partition coefficient (Wildman–Crippen LogP) is 7.84. The zero-order valence-electron chi connectivity index (χ0n) is 23.3. The first-order chi connectivity index (χ1) is 18.5. The Bertz CT molecular complexity index is 1430. The van der Waals surface area contributed by atoms with Gasteiger partial charge in [0.05, 0.1) is 17.0 Å². The van der Waals surface area contributed by atoms with Gasteiger partial charge in [0.15, 0.2) is 0 Å². The van der Waals surface area contributed by atoms with Crippen LogP contribution in [0.25, 0.3) is 16.6 Å². The number of ether oxygens (including phenoxy) is 1. The van der Waals surface area contributed by atoms with Gasteiger partial charge in [0.1, 0.15) is 10.6 Å². The molecule has 0 radical (unpaired) electrons. The van der Waals surface area contributed by atoms with Crippen LogP contribution in [0.1, 0.15) is 51.5 Å². The summed E-state index contributed by atoms with van der Waals surface area (Å²) in [4.78, 5) is 3.14. The standard InChI is InChI=1S/C32H40N2O3S.ClH/c1-4-6-19-33(20-7-5-2)21-13-23-37-31-18-17-28(24-26(31)3)38(35,36)32-29(27-14-9-8-10-15-27)25-34-22-12-11-16-30(32)34;/h8-12,14-18,22,24-25H,4-7,13,19-21,23H2,1-3H3;1H. The van der Waals surface area contributed by atoms with Crippen molar-refractivity contribution in [2.24, 2.45) is 0 Å². The molecule has 2 aromatic carbocycles. The summed E-state index contributed by atoms with van der Waals surface area (Å²) < 4.78 is 36.0. The van der Waals surface area contributed by atoms with Crippen LogP contribution in [0, 0.1) is 6.92 Å². The molecule has 0 aliphatic rings. The average Bonchev–Trinajstić information content (AvgIpc) is 3.34. The van der Waals surface area contributed by atoms with Gasteiger partial charge in [-0.15, -0.1) is 12.4 Å². The fourth-order valence-corrected chi connectivity index (χ4v) is 6.56. The van der Waals surface area contributed by atoms with Gasteiger partial charge < -0.3 is 14.0 Å². The maximum Gasteiger partial charge on any atom is 0.209 e. The predicted molar refractivity (Wildman–Crippen MR) is 163 cm³/mol. The third kappa shape index (κ3) is 7.44. The number of hydrogen-bond acceptors (Lipinski definition) is 4. The van der Waals surface area contributed by atoms with Gasteiger partial charge in [-0.3, -0.25) is 0 Å². The topological polar surface area (TPSA) is 51.0 Å². The van der Waals surface area contributed by atoms with Gasteiger partial charge >= 0.3 is 0 Å². The molecule has 0 saturated carbocycles. The van der Waals surface area contributed by atoms with E-state index in [0.717, 1.165) is 42.9 Å². The van der Waals surface area contributed by atoms with Crippen molar-refractivity contribution < 1.29 is 13.2 Å². The molecule has 0 amide bonds. The molecule has 0 atom stereocenters. The molecule has 0 fully saturated rings. The minimum absolute atomic E-state index is 0. The summed E-state index contributed by atoms with van der Waals surface area (Å²) >= 11 is 0. The smallest absolute Gasteiger partial charge is 0.209 e. The number of aromatic nitrogens is 1. The van der Waals surface area contributed by atoms with Crippen LogP contribution in [0.15, 0.2) is 88.9 Å². The van der Waals surface area contributed by atoms with E-state index < -0.39 is 9.84 Å². The fraction of sp³-hybridized carbons (Fsp3) is 0.375. The number of rotatable bonds is 14. The highest BCUT2D eigenvalue weighted by Gasteiger charge is 2.27. The Morgan fingerprint density at radius 1 is 0.846 bits per heavy atom. The van der Waals surface area contributed by atoms with Crippen molar-refractivity contribution in [1.29, 1.82) is 0 Å². The van der Waals surface area contributed by atoms with Crippen LogP contribution in [-0.2, 0) is 9.84 Å². The zero-order valence-corrected chi connectivity index (χ0v) is 24.9. The van der Waals surface area contributed by atoms with Crippen molar-refractivity contribution in [2.45, 2.75) is 62.7 Å². The number of aryl methyl sites for hydroxylation is 1. The third-order valence-electron chi connectivity index (χ3n) is 6.98. The lowest BCUT2D eigenvalue weighted by molar-refractivity contribution is 0.228. The van der Waals surface area contributed by atoms with E-state index in [4.69, 9.17) is 4.74 Å². The van der Waals surface area contributed by atoms with E-state index in [1.54, 1.807) is 18.2 Å². The van der Waals surface area contributed by atoms with Crippen LogP contribution in [-0.4, -0.2) is 44.0 Å². The summed E-state index contributed by atoms with van der Waals surface area (Å²) in [5.74, 6) is 0.739. The van der Waals surface area contributed by atoms with Gasteiger partial charge in [0.25, 0.3) is 0 Å². The lowest BCUT2D eigenvalue weighted by Crippen LogP contribution is -2.28. The van der Waals surface area contributed by atoms with Crippen molar-refractivity contribution in [3.05, 3.63) is 84.7 Å². The third-order valence-corrected chi connectivity index (χ3v) is 8.82. The van der Waals surface area contributed by atoms with Crippen molar-refractivity contribution in [2.75, 3.05) is 26.2 Å². The van der Waals surface area contributed by atoms with E-state index in [-0.39, 0.29) is 17.3 Å². The highest BCUT2D eigenvalue weighted by Crippen LogP contribution is 2.37. The summed E-state index contributed by atoms with van der Waals surface area (Å²) in [5, 5.41) is 0. The van der Waals surface area contributed by atoms with Crippen molar-refractivity contribution in [3.8, 4) is 16.9 Å². The zero-order chi connectivity index (χ0) is 27.0. The maximum atomic E-state index is 14.0. The van der Waals surface area contributed by atoms with Gasteiger partial charge in [0, 0.05) is 24.5 Å². The molecule has 0 saturated heterocycles. The molecule has 0 bridgehead atoms. The van der Waals surface area contributed by atoms with E-state index in [9.17, 15) is 8.42 Å². The molecule has 4 rings (SSSR count). The van der Waals surface area contributed by atoms with Crippen LogP contribution >= 0.6 is 12.4 Å². The number of hydrogen-bond donors (Lipinski definition) is 0. The number of unbranched alkanes of at least 4 members (excludes halogenated alkanes) is 2. The van der Waals surface area contributed by atoms with E-state index >= 15 is 0 Å². The first-order valence-corrected chi connectivity index (χ1v) is 15.3. The van der Waals surface area contributed by atoms with Gasteiger partial charge in [-0.1, -0.05) is 63.1 Å². The number of nitrogens with zero attached hydrogens (tertiary/aromatic N) is 2. The Balaban J connectivity index is 0.00000420. The summed E-state index contributed by atoms with van der Waals surface area (Å²) in [5.41, 5.74) is 3.06. The number of benzene rings is 2. The van der Waals surface area contributed by atoms with E-state index in [1.807, 2.05) is 72.2 Å². The molecule has 0 N–H and O–H groups in total. The largest absolute Gasteiger partial charge is 0.493 e. The second-order valence-electron chi connectivity index (χ2n) is 9.91. The van der Waals surface area contributed by atoms with Crippen LogP contribution in [0.4, 0.5) is 0 Å². The summed E-state index contributed by atoms with van der Waals surface area (Å²) in [6.07, 6.45) is 9.59. The molecule has 2 heterocycles. The quantitative estimate of drug-likeness (QED) is 0.145. The molecule has 4 aromatic rings. The Morgan fingerprint density at radius 2 is 1.51 bits per heavy atom. The van der Waals surface area contributed by atoms with Crippen molar-refractivity contribution in [1.82, 2.24) is 9.30 Å². The maximum absolute atomic E-state index is 14.0. The Kier molecular flexibility index (Phi) is 11.5. The Morgan fingerprint density at radius 3 is 2.18 bits per heavy atom. The summed E-state index contributed by atoms with van der Waals surface area (Å²) in [7, 11) is -3.78. The minimum atomic E-state index is -3.78. The van der Waals surface area contributed by atoms with E-state index in [1.165, 1.54) is 25.7 Å². The monoisotopic (exact) mass is 568 g/mol. The van der Waals surface area contributed by atoms with Crippen LogP contribution in [0.5, 0.6) is 5.75 Å². The molecule has 7 heteroatoms. The van der Waals surface area contributed by atoms with Crippen molar-refractivity contribution >= 4 is 27.8 Å². The van der Waals surface area contributed by atoms with Crippen LogP contribution in [0.2, 0.25) is 0 Å². The highest BCUT2D eigenvalue weighted by molar-refractivity contribution is 7.91. The van der Waals surface area contributed by atoms with E-state index in [2.05, 4.69) is 18.7 Å².